The van der Waals surface area contributed by atoms with Crippen molar-refractivity contribution in [3.05, 3.63) is 48.5 Å². The van der Waals surface area contributed by atoms with Gasteiger partial charge in [0.05, 0.1) is 12.4 Å². The summed E-state index contributed by atoms with van der Waals surface area (Å²) in [5.74, 6) is -0.0761. The van der Waals surface area contributed by atoms with Gasteiger partial charge in [0.2, 0.25) is 0 Å². The Bertz CT molecular complexity index is 591. The van der Waals surface area contributed by atoms with Crippen LogP contribution in [0.3, 0.4) is 0 Å². The zero-order valence-corrected chi connectivity index (χ0v) is 12.6. The lowest BCUT2D eigenvalue weighted by molar-refractivity contribution is 0.0579. The average Bonchev–Trinajstić information content (AvgIpc) is 2.98. The molecule has 1 aromatic carbocycles. The van der Waals surface area contributed by atoms with Crippen LogP contribution in [-0.4, -0.2) is 44.2 Å². The molecule has 0 fully saturated rings. The fourth-order valence-electron chi connectivity index (χ4n) is 2.19. The number of hydrogen-bond donors (Lipinski definition) is 1. The molecule has 0 aliphatic rings. The van der Waals surface area contributed by atoms with Gasteiger partial charge in [-0.05, 0) is 39.0 Å². The average molecular weight is 287 g/mol. The first-order valence-electron chi connectivity index (χ1n) is 7.06. The molecular weight excluding hydrogens is 266 g/mol. The van der Waals surface area contributed by atoms with Gasteiger partial charge in [0.1, 0.15) is 0 Å². The number of carbonyl (C=O) groups is 1. The minimum Gasteiger partial charge on any atom is -0.392 e. The molecule has 0 spiro atoms. The van der Waals surface area contributed by atoms with E-state index in [1.807, 2.05) is 42.8 Å². The third-order valence-corrected chi connectivity index (χ3v) is 3.24. The Labute approximate surface area is 124 Å². The molecule has 0 saturated carbocycles. The van der Waals surface area contributed by atoms with Crippen molar-refractivity contribution >= 4 is 5.91 Å². The zero-order chi connectivity index (χ0) is 15.4. The largest absolute Gasteiger partial charge is 0.392 e. The van der Waals surface area contributed by atoms with Crippen LogP contribution in [0.2, 0.25) is 0 Å². The third kappa shape index (κ3) is 3.70. The summed E-state index contributed by atoms with van der Waals surface area (Å²) < 4.78 is 1.85. The number of aromatic nitrogens is 2. The lowest BCUT2D eigenvalue weighted by Gasteiger charge is -2.28. The molecule has 1 aromatic heterocycles. The highest BCUT2D eigenvalue weighted by Crippen LogP contribution is 2.14. The normalized spacial score (nSPS) is 12.4. The van der Waals surface area contributed by atoms with Crippen LogP contribution in [0.15, 0.2) is 43.0 Å². The molecular formula is C16H21N3O2. The lowest BCUT2D eigenvalue weighted by atomic mass is 10.1. The summed E-state index contributed by atoms with van der Waals surface area (Å²) in [6, 6.07) is 7.43. The van der Waals surface area contributed by atoms with Gasteiger partial charge in [0.15, 0.2) is 0 Å². The van der Waals surface area contributed by atoms with Crippen molar-refractivity contribution in [2.75, 3.05) is 6.54 Å². The van der Waals surface area contributed by atoms with Gasteiger partial charge in [-0.25, -0.2) is 4.98 Å². The van der Waals surface area contributed by atoms with Crippen molar-refractivity contribution in [3.63, 3.8) is 0 Å². The maximum atomic E-state index is 12.6. The van der Waals surface area contributed by atoms with Crippen LogP contribution >= 0.6 is 0 Å². The number of aliphatic hydroxyl groups excluding tert-OH is 1. The Hall–Kier alpha value is -2.14. The third-order valence-electron chi connectivity index (χ3n) is 3.24. The van der Waals surface area contributed by atoms with E-state index in [-0.39, 0.29) is 11.9 Å². The first-order valence-corrected chi connectivity index (χ1v) is 7.06. The van der Waals surface area contributed by atoms with E-state index >= 15 is 0 Å². The van der Waals surface area contributed by atoms with Crippen LogP contribution in [0, 0.1) is 0 Å². The maximum absolute atomic E-state index is 12.6. The zero-order valence-electron chi connectivity index (χ0n) is 12.6. The van der Waals surface area contributed by atoms with E-state index in [2.05, 4.69) is 4.98 Å². The van der Waals surface area contributed by atoms with Gasteiger partial charge >= 0.3 is 0 Å². The van der Waals surface area contributed by atoms with E-state index in [4.69, 9.17) is 0 Å². The highest BCUT2D eigenvalue weighted by molar-refractivity contribution is 5.95. The van der Waals surface area contributed by atoms with Crippen LogP contribution in [0.5, 0.6) is 0 Å². The van der Waals surface area contributed by atoms with Crippen LogP contribution in [0.1, 0.15) is 31.1 Å². The number of amides is 1. The highest BCUT2D eigenvalue weighted by Gasteiger charge is 2.20. The number of nitrogens with zero attached hydrogens (tertiary/aromatic N) is 3. The molecule has 0 radical (unpaired) electrons. The Morgan fingerprint density at radius 1 is 1.38 bits per heavy atom. The van der Waals surface area contributed by atoms with Crippen molar-refractivity contribution in [1.82, 2.24) is 14.5 Å². The smallest absolute Gasteiger partial charge is 0.254 e. The van der Waals surface area contributed by atoms with E-state index in [1.54, 1.807) is 30.4 Å². The highest BCUT2D eigenvalue weighted by atomic mass is 16.3. The number of benzene rings is 1. The summed E-state index contributed by atoms with van der Waals surface area (Å²) in [5, 5.41) is 9.57. The van der Waals surface area contributed by atoms with Crippen molar-refractivity contribution in [2.45, 2.75) is 32.9 Å². The predicted molar refractivity (Wildman–Crippen MR) is 81.4 cm³/mol. The molecule has 1 N–H and O–H groups in total. The van der Waals surface area contributed by atoms with Crippen LogP contribution in [0.4, 0.5) is 0 Å². The Morgan fingerprint density at radius 3 is 2.71 bits per heavy atom. The van der Waals surface area contributed by atoms with E-state index in [0.29, 0.717) is 12.1 Å². The quantitative estimate of drug-likeness (QED) is 0.916. The predicted octanol–water partition coefficient (Wildman–Crippen LogP) is 2.10. The maximum Gasteiger partial charge on any atom is 0.254 e. The minimum atomic E-state index is -0.548. The molecule has 5 nitrogen and oxygen atoms in total. The number of aliphatic hydroxyl groups is 1. The Kier molecular flexibility index (Phi) is 4.75. The SMILES string of the molecule is CC(O)CN(C(=O)c1cccc(-n2ccnc2)c1)C(C)C. The fraction of sp³-hybridized carbons (Fsp3) is 0.375. The molecule has 1 atom stereocenters. The monoisotopic (exact) mass is 287 g/mol. The second-order valence-corrected chi connectivity index (χ2v) is 5.42. The topological polar surface area (TPSA) is 58.4 Å². The van der Waals surface area contributed by atoms with Gasteiger partial charge in [-0.15, -0.1) is 0 Å². The molecule has 2 aromatic rings. The molecule has 1 unspecified atom stereocenters. The molecule has 0 bridgehead atoms. The molecule has 1 amide bonds. The van der Waals surface area contributed by atoms with E-state index in [9.17, 15) is 9.90 Å². The molecule has 2 rings (SSSR count). The summed E-state index contributed by atoms with van der Waals surface area (Å²) in [6.07, 6.45) is 4.68. The second-order valence-electron chi connectivity index (χ2n) is 5.42. The van der Waals surface area contributed by atoms with E-state index in [0.717, 1.165) is 5.69 Å². The number of carbonyl (C=O) groups excluding carboxylic acids is 1. The first-order chi connectivity index (χ1) is 9.99. The molecule has 0 aliphatic carbocycles. The molecule has 1 heterocycles. The van der Waals surface area contributed by atoms with Gasteiger partial charge in [0, 0.05) is 36.2 Å². The van der Waals surface area contributed by atoms with Crippen molar-refractivity contribution < 1.29 is 9.90 Å². The standard InChI is InChI=1S/C16H21N3O2/c1-12(2)19(10-13(3)20)16(21)14-5-4-6-15(9-14)18-8-7-17-11-18/h4-9,11-13,20H,10H2,1-3H3. The lowest BCUT2D eigenvalue weighted by Crippen LogP contribution is -2.41. The minimum absolute atomic E-state index is 0.0315. The first kappa shape index (κ1) is 15.3. The molecule has 112 valence electrons. The second kappa shape index (κ2) is 6.54. The molecule has 5 heteroatoms. The molecule has 0 aliphatic heterocycles. The molecule has 0 saturated heterocycles. The van der Waals surface area contributed by atoms with Gasteiger partial charge in [-0.1, -0.05) is 6.07 Å². The van der Waals surface area contributed by atoms with Gasteiger partial charge in [-0.2, -0.15) is 0 Å². The summed E-state index contributed by atoms with van der Waals surface area (Å²) in [5.41, 5.74) is 1.50. The van der Waals surface area contributed by atoms with Crippen LogP contribution < -0.4 is 0 Å². The van der Waals surface area contributed by atoms with Crippen molar-refractivity contribution in [2.24, 2.45) is 0 Å². The molecule has 21 heavy (non-hydrogen) atoms. The summed E-state index contributed by atoms with van der Waals surface area (Å²) >= 11 is 0. The Morgan fingerprint density at radius 2 is 2.14 bits per heavy atom. The summed E-state index contributed by atoms with van der Waals surface area (Å²) in [4.78, 5) is 18.3. The summed E-state index contributed by atoms with van der Waals surface area (Å²) in [6.45, 7) is 5.90. The number of rotatable bonds is 5. The van der Waals surface area contributed by atoms with Crippen LogP contribution in [0.25, 0.3) is 5.69 Å². The van der Waals surface area contributed by atoms with Gasteiger partial charge < -0.3 is 14.6 Å². The van der Waals surface area contributed by atoms with Crippen molar-refractivity contribution in [3.8, 4) is 5.69 Å². The van der Waals surface area contributed by atoms with Gasteiger partial charge in [0.25, 0.3) is 5.91 Å². The fourth-order valence-corrected chi connectivity index (χ4v) is 2.19. The number of imidazole rings is 1. The summed E-state index contributed by atoms with van der Waals surface area (Å²) in [7, 11) is 0. The van der Waals surface area contributed by atoms with E-state index < -0.39 is 6.10 Å². The van der Waals surface area contributed by atoms with Crippen LogP contribution in [-0.2, 0) is 0 Å². The van der Waals surface area contributed by atoms with Crippen molar-refractivity contribution in [1.29, 1.82) is 0 Å². The Balaban J connectivity index is 2.28. The van der Waals surface area contributed by atoms with Gasteiger partial charge in [-0.3, -0.25) is 4.79 Å². The number of hydrogen-bond acceptors (Lipinski definition) is 3. The van der Waals surface area contributed by atoms with E-state index in [1.165, 1.54) is 0 Å².